The molecule has 0 saturated heterocycles. The molecular formula is C18H23ClN8OS. The van der Waals surface area contributed by atoms with E-state index < -0.39 is 0 Å². The lowest BCUT2D eigenvalue weighted by atomic mass is 10.2. The number of ether oxygens (including phenoxy) is 1. The van der Waals surface area contributed by atoms with Gasteiger partial charge in [0.2, 0.25) is 11.9 Å². The molecule has 29 heavy (non-hydrogen) atoms. The molecule has 3 rings (SSSR count). The van der Waals surface area contributed by atoms with Crippen LogP contribution in [0.25, 0.3) is 0 Å². The molecule has 0 saturated carbocycles. The van der Waals surface area contributed by atoms with Gasteiger partial charge in [-0.15, -0.1) is 10.2 Å². The number of nitrogens with two attached hydrogens (primary N) is 2. The van der Waals surface area contributed by atoms with Gasteiger partial charge >= 0.3 is 0 Å². The van der Waals surface area contributed by atoms with Gasteiger partial charge in [-0.3, -0.25) is 0 Å². The molecule has 0 spiro atoms. The summed E-state index contributed by atoms with van der Waals surface area (Å²) >= 11 is 7.65. The van der Waals surface area contributed by atoms with Gasteiger partial charge in [0, 0.05) is 6.04 Å². The van der Waals surface area contributed by atoms with Crippen molar-refractivity contribution in [2.75, 3.05) is 11.5 Å². The van der Waals surface area contributed by atoms with E-state index in [2.05, 4.69) is 43.6 Å². The molecule has 9 nitrogen and oxygen atoms in total. The highest BCUT2D eigenvalue weighted by Gasteiger charge is 2.20. The highest BCUT2D eigenvalue weighted by Crippen LogP contribution is 2.29. The van der Waals surface area contributed by atoms with E-state index in [1.807, 2.05) is 18.2 Å². The highest BCUT2D eigenvalue weighted by molar-refractivity contribution is 7.98. The van der Waals surface area contributed by atoms with E-state index in [9.17, 15) is 0 Å². The Balaban J connectivity index is 1.80. The van der Waals surface area contributed by atoms with Crippen molar-refractivity contribution < 1.29 is 4.74 Å². The van der Waals surface area contributed by atoms with Crippen LogP contribution in [0.3, 0.4) is 0 Å². The van der Waals surface area contributed by atoms with Crippen LogP contribution >= 0.6 is 23.4 Å². The number of nitrogen functional groups attached to an aromatic ring is 2. The Morgan fingerprint density at radius 1 is 1.07 bits per heavy atom. The fourth-order valence-corrected chi connectivity index (χ4v) is 3.95. The third kappa shape index (κ3) is 5.27. The second-order valence-electron chi connectivity index (χ2n) is 6.21. The van der Waals surface area contributed by atoms with E-state index >= 15 is 0 Å². The lowest BCUT2D eigenvalue weighted by Crippen LogP contribution is -2.14. The van der Waals surface area contributed by atoms with Gasteiger partial charge in [0.05, 0.1) is 10.8 Å². The van der Waals surface area contributed by atoms with Crippen molar-refractivity contribution in [2.24, 2.45) is 0 Å². The minimum atomic E-state index is 0.100. The Hall–Kier alpha value is -2.59. The van der Waals surface area contributed by atoms with Gasteiger partial charge in [-0.05, 0) is 25.0 Å². The number of thioether (sulfide) groups is 1. The molecule has 0 bridgehead atoms. The standard InChI is InChI=1S/C18H23ClN8OS/c1-3-11(4-2)27-15(9-28-13-8-6-5-7-12(13)19)25-26-18(27)29-10-14-22-16(20)24-17(21)23-14/h5-8,11H,3-4,9-10H2,1-2H3,(H4,20,21,22,23,24). The van der Waals surface area contributed by atoms with Crippen molar-refractivity contribution in [3.8, 4) is 5.75 Å². The first kappa shape index (κ1) is 21.1. The van der Waals surface area contributed by atoms with E-state index in [0.717, 1.165) is 23.8 Å². The third-order valence-corrected chi connectivity index (χ3v) is 5.53. The minimum absolute atomic E-state index is 0.100. The number of hydrogen-bond donors (Lipinski definition) is 2. The largest absolute Gasteiger partial charge is 0.484 e. The Morgan fingerprint density at radius 3 is 2.41 bits per heavy atom. The van der Waals surface area contributed by atoms with E-state index in [1.165, 1.54) is 11.8 Å². The number of halogens is 1. The van der Waals surface area contributed by atoms with Crippen molar-refractivity contribution in [1.29, 1.82) is 0 Å². The van der Waals surface area contributed by atoms with Gasteiger partial charge in [0.1, 0.15) is 18.2 Å². The fraction of sp³-hybridized carbons (Fsp3) is 0.389. The zero-order valence-corrected chi connectivity index (χ0v) is 17.8. The molecule has 0 fully saturated rings. The quantitative estimate of drug-likeness (QED) is 0.485. The van der Waals surface area contributed by atoms with Gasteiger partial charge in [0.15, 0.2) is 11.0 Å². The van der Waals surface area contributed by atoms with Crippen LogP contribution in [0.5, 0.6) is 5.75 Å². The zero-order chi connectivity index (χ0) is 20.8. The maximum Gasteiger partial charge on any atom is 0.225 e. The van der Waals surface area contributed by atoms with E-state index in [0.29, 0.717) is 22.3 Å². The van der Waals surface area contributed by atoms with Crippen LogP contribution < -0.4 is 16.2 Å². The van der Waals surface area contributed by atoms with Crippen molar-refractivity contribution in [2.45, 2.75) is 50.2 Å². The first-order valence-electron chi connectivity index (χ1n) is 9.21. The topological polar surface area (TPSA) is 131 Å². The molecule has 0 aliphatic rings. The van der Waals surface area contributed by atoms with Gasteiger partial charge in [-0.2, -0.15) is 15.0 Å². The van der Waals surface area contributed by atoms with Gasteiger partial charge < -0.3 is 20.8 Å². The summed E-state index contributed by atoms with van der Waals surface area (Å²) in [5.74, 6) is 2.48. The average molecular weight is 435 g/mol. The minimum Gasteiger partial charge on any atom is -0.484 e. The fourth-order valence-electron chi connectivity index (χ4n) is 2.88. The van der Waals surface area contributed by atoms with Crippen LogP contribution in [0.15, 0.2) is 29.4 Å². The summed E-state index contributed by atoms with van der Waals surface area (Å²) in [5.41, 5.74) is 11.3. The summed E-state index contributed by atoms with van der Waals surface area (Å²) < 4.78 is 7.99. The van der Waals surface area contributed by atoms with Crippen molar-refractivity contribution in [3.05, 3.63) is 40.9 Å². The van der Waals surface area contributed by atoms with Crippen LogP contribution in [0.4, 0.5) is 11.9 Å². The number of hydrogen-bond acceptors (Lipinski definition) is 9. The smallest absolute Gasteiger partial charge is 0.225 e. The third-order valence-electron chi connectivity index (χ3n) is 4.28. The number of para-hydroxylation sites is 1. The highest BCUT2D eigenvalue weighted by atomic mass is 35.5. The van der Waals surface area contributed by atoms with Crippen molar-refractivity contribution in [1.82, 2.24) is 29.7 Å². The lowest BCUT2D eigenvalue weighted by molar-refractivity contribution is 0.278. The van der Waals surface area contributed by atoms with E-state index in [4.69, 9.17) is 27.8 Å². The van der Waals surface area contributed by atoms with Crippen molar-refractivity contribution in [3.63, 3.8) is 0 Å². The summed E-state index contributed by atoms with van der Waals surface area (Å²) in [7, 11) is 0. The molecule has 0 atom stereocenters. The maximum absolute atomic E-state index is 6.18. The molecule has 0 aliphatic heterocycles. The first-order chi connectivity index (χ1) is 14.0. The Bertz CT molecular complexity index is 943. The number of nitrogens with zero attached hydrogens (tertiary/aromatic N) is 6. The monoisotopic (exact) mass is 434 g/mol. The molecule has 1 aromatic carbocycles. The molecule has 2 heterocycles. The van der Waals surface area contributed by atoms with Crippen molar-refractivity contribution >= 4 is 35.3 Å². The molecule has 11 heteroatoms. The van der Waals surface area contributed by atoms with E-state index in [1.54, 1.807) is 6.07 Å². The first-order valence-corrected chi connectivity index (χ1v) is 10.6. The molecule has 0 radical (unpaired) electrons. The molecule has 2 aromatic heterocycles. The summed E-state index contributed by atoms with van der Waals surface area (Å²) in [6.45, 7) is 4.53. The van der Waals surface area contributed by atoms with Crippen LogP contribution in [0.1, 0.15) is 44.4 Å². The van der Waals surface area contributed by atoms with Gasteiger partial charge in [0.25, 0.3) is 0 Å². The van der Waals surface area contributed by atoms with E-state index in [-0.39, 0.29) is 24.5 Å². The van der Waals surface area contributed by atoms with Crippen LogP contribution in [-0.2, 0) is 12.4 Å². The molecule has 0 amide bonds. The second kappa shape index (κ2) is 9.75. The SMILES string of the molecule is CCC(CC)n1c(COc2ccccc2Cl)nnc1SCc1nc(N)nc(N)n1. The molecule has 0 unspecified atom stereocenters. The molecular weight excluding hydrogens is 412 g/mol. The maximum atomic E-state index is 6.18. The Kier molecular flexibility index (Phi) is 7.10. The normalized spacial score (nSPS) is 11.2. The molecule has 3 aromatic rings. The summed E-state index contributed by atoms with van der Waals surface area (Å²) in [6.07, 6.45) is 1.87. The Morgan fingerprint density at radius 2 is 1.76 bits per heavy atom. The average Bonchev–Trinajstić information content (AvgIpc) is 3.09. The predicted octanol–water partition coefficient (Wildman–Crippen LogP) is 3.51. The Labute approximate surface area is 178 Å². The summed E-state index contributed by atoms with van der Waals surface area (Å²) in [4.78, 5) is 12.0. The number of aromatic nitrogens is 6. The lowest BCUT2D eigenvalue weighted by Gasteiger charge is -2.19. The summed E-state index contributed by atoms with van der Waals surface area (Å²) in [6, 6.07) is 7.59. The van der Waals surface area contributed by atoms with Gasteiger partial charge in [-0.1, -0.05) is 49.3 Å². The number of benzene rings is 1. The second-order valence-corrected chi connectivity index (χ2v) is 7.56. The predicted molar refractivity (Wildman–Crippen MR) is 114 cm³/mol. The number of rotatable bonds is 9. The van der Waals surface area contributed by atoms with Gasteiger partial charge in [-0.25, -0.2) is 0 Å². The summed E-state index contributed by atoms with van der Waals surface area (Å²) in [5, 5.41) is 10.0. The zero-order valence-electron chi connectivity index (χ0n) is 16.2. The molecule has 0 aliphatic carbocycles. The van der Waals surface area contributed by atoms with Crippen LogP contribution in [0, 0.1) is 0 Å². The van der Waals surface area contributed by atoms with Crippen LogP contribution in [0.2, 0.25) is 5.02 Å². The molecule has 4 N–H and O–H groups in total. The van der Waals surface area contributed by atoms with Crippen LogP contribution in [-0.4, -0.2) is 29.7 Å². The number of anilines is 2. The molecule has 154 valence electrons.